The van der Waals surface area contributed by atoms with Gasteiger partial charge in [-0.2, -0.15) is 0 Å². The molecule has 7 nitrogen and oxygen atoms in total. The van der Waals surface area contributed by atoms with E-state index in [2.05, 4.69) is 10.9 Å². The highest BCUT2D eigenvalue weighted by Gasteiger charge is 2.26. The highest BCUT2D eigenvalue weighted by molar-refractivity contribution is 5.76. The van der Waals surface area contributed by atoms with Gasteiger partial charge in [-0.05, 0) is 19.3 Å². The van der Waals surface area contributed by atoms with E-state index >= 15 is 0 Å². The molecule has 0 aromatic rings. The molecular weight excluding hydrogens is 236 g/mol. The van der Waals surface area contributed by atoms with Crippen molar-refractivity contribution in [1.29, 1.82) is 0 Å². The van der Waals surface area contributed by atoms with Crippen LogP contribution in [0.5, 0.6) is 0 Å². The highest BCUT2D eigenvalue weighted by atomic mass is 16.7. The largest absolute Gasteiger partial charge is 0.359 e. The van der Waals surface area contributed by atoms with Gasteiger partial charge in [0.15, 0.2) is 0 Å². The third-order valence-electron chi connectivity index (χ3n) is 3.03. The van der Waals surface area contributed by atoms with E-state index in [0.29, 0.717) is 25.9 Å². The van der Waals surface area contributed by atoms with E-state index in [0.717, 1.165) is 32.2 Å². The molecule has 1 unspecified atom stereocenters. The molecule has 2 amide bonds. The number of likely N-dealkylation sites (tertiary alicyclic amines) is 1. The van der Waals surface area contributed by atoms with E-state index < -0.39 is 0 Å². The van der Waals surface area contributed by atoms with E-state index in [-0.39, 0.29) is 12.0 Å². The minimum absolute atomic E-state index is 0.00394. The lowest BCUT2D eigenvalue weighted by Gasteiger charge is -2.16. The highest BCUT2D eigenvalue weighted by Crippen LogP contribution is 2.13. The maximum atomic E-state index is 11.8. The number of carbonyl (C=O) groups is 2. The van der Waals surface area contributed by atoms with Crippen LogP contribution in [-0.2, 0) is 14.4 Å². The van der Waals surface area contributed by atoms with Crippen LogP contribution in [-0.4, -0.2) is 43.0 Å². The van der Waals surface area contributed by atoms with Gasteiger partial charge in [-0.15, -0.1) is 5.59 Å². The van der Waals surface area contributed by atoms with Gasteiger partial charge in [0, 0.05) is 26.1 Å². The molecule has 1 atom stereocenters. The van der Waals surface area contributed by atoms with Gasteiger partial charge in [0.25, 0.3) is 0 Å². The molecule has 0 bridgehead atoms. The maximum Gasteiger partial charge on any atom is 0.222 e. The number of hydrogen-bond donors (Lipinski definition) is 3. The van der Waals surface area contributed by atoms with E-state index in [9.17, 15) is 9.59 Å². The first-order valence-corrected chi connectivity index (χ1v) is 6.34. The second kappa shape index (κ2) is 8.84. The van der Waals surface area contributed by atoms with E-state index in [1.165, 1.54) is 0 Å². The molecule has 0 aliphatic carbocycles. The SMILES string of the molecule is NNOC1CCN(C(=O)CCCCCNC=O)C1. The number of nitrogens with zero attached hydrogens (tertiary/aromatic N) is 1. The number of rotatable bonds is 9. The third kappa shape index (κ3) is 5.44. The quantitative estimate of drug-likeness (QED) is 0.220. The molecular formula is C11H22N4O3. The van der Waals surface area contributed by atoms with Crippen molar-refractivity contribution < 1.29 is 14.4 Å². The summed E-state index contributed by atoms with van der Waals surface area (Å²) in [5.41, 5.74) is 2.17. The molecule has 1 aliphatic heterocycles. The second-order valence-electron chi connectivity index (χ2n) is 4.37. The average molecular weight is 258 g/mol. The van der Waals surface area contributed by atoms with E-state index in [4.69, 9.17) is 10.7 Å². The Morgan fingerprint density at radius 3 is 3.00 bits per heavy atom. The summed E-state index contributed by atoms with van der Waals surface area (Å²) >= 11 is 0. The predicted octanol–water partition coefficient (Wildman–Crippen LogP) is -0.711. The lowest BCUT2D eigenvalue weighted by Crippen LogP contribution is -2.33. The van der Waals surface area contributed by atoms with Crippen LogP contribution < -0.4 is 16.7 Å². The van der Waals surface area contributed by atoms with Gasteiger partial charge in [0.1, 0.15) is 0 Å². The van der Waals surface area contributed by atoms with Gasteiger partial charge in [-0.25, -0.2) is 5.84 Å². The Bertz CT molecular complexity index is 263. The molecule has 1 saturated heterocycles. The van der Waals surface area contributed by atoms with Crippen LogP contribution in [0.2, 0.25) is 0 Å². The fourth-order valence-electron chi connectivity index (χ4n) is 2.04. The van der Waals surface area contributed by atoms with Gasteiger partial charge in [0.05, 0.1) is 6.10 Å². The minimum atomic E-state index is -0.00394. The summed E-state index contributed by atoms with van der Waals surface area (Å²) < 4.78 is 0. The predicted molar refractivity (Wildman–Crippen MR) is 65.9 cm³/mol. The number of hydrazine groups is 1. The lowest BCUT2D eigenvalue weighted by atomic mass is 10.2. The Balaban J connectivity index is 2.05. The maximum absolute atomic E-state index is 11.8. The number of nitrogens with two attached hydrogens (primary N) is 1. The van der Waals surface area contributed by atoms with E-state index in [1.54, 1.807) is 0 Å². The van der Waals surface area contributed by atoms with Crippen LogP contribution in [0.25, 0.3) is 0 Å². The zero-order chi connectivity index (χ0) is 13.2. The van der Waals surface area contributed by atoms with Crippen molar-refractivity contribution >= 4 is 12.3 Å². The Labute approximate surface area is 107 Å². The summed E-state index contributed by atoms with van der Waals surface area (Å²) in [4.78, 5) is 28.7. The summed E-state index contributed by atoms with van der Waals surface area (Å²) in [5.74, 6) is 5.23. The molecule has 1 aliphatic rings. The smallest absolute Gasteiger partial charge is 0.222 e. The van der Waals surface area contributed by atoms with Crippen molar-refractivity contribution in [3.8, 4) is 0 Å². The van der Waals surface area contributed by atoms with Gasteiger partial charge in [-0.1, -0.05) is 6.42 Å². The molecule has 0 spiro atoms. The van der Waals surface area contributed by atoms with Crippen LogP contribution in [0.15, 0.2) is 0 Å². The Morgan fingerprint density at radius 2 is 2.28 bits per heavy atom. The van der Waals surface area contributed by atoms with Crippen molar-refractivity contribution in [2.75, 3.05) is 19.6 Å². The molecule has 1 heterocycles. The summed E-state index contributed by atoms with van der Waals surface area (Å²) in [6.45, 7) is 2.02. The molecule has 0 radical (unpaired) electrons. The van der Waals surface area contributed by atoms with Gasteiger partial charge in [0.2, 0.25) is 12.3 Å². The number of carbonyl (C=O) groups excluding carboxylic acids is 2. The van der Waals surface area contributed by atoms with Crippen LogP contribution in [0.1, 0.15) is 32.1 Å². The normalized spacial score (nSPS) is 18.9. The van der Waals surface area contributed by atoms with Crippen LogP contribution in [0.4, 0.5) is 0 Å². The monoisotopic (exact) mass is 258 g/mol. The van der Waals surface area contributed by atoms with Crippen molar-refractivity contribution in [3.63, 3.8) is 0 Å². The third-order valence-corrected chi connectivity index (χ3v) is 3.03. The Hall–Kier alpha value is -1.18. The van der Waals surface area contributed by atoms with Crippen LogP contribution in [0, 0.1) is 0 Å². The van der Waals surface area contributed by atoms with E-state index in [1.807, 2.05) is 4.90 Å². The fourth-order valence-corrected chi connectivity index (χ4v) is 2.04. The van der Waals surface area contributed by atoms with Crippen LogP contribution >= 0.6 is 0 Å². The van der Waals surface area contributed by atoms with Crippen molar-refractivity contribution in [1.82, 2.24) is 15.8 Å². The standard InChI is InChI=1S/C11H22N4O3/c12-14-18-10-5-7-15(8-10)11(17)4-2-1-3-6-13-9-16/h9-10,14H,1-8,12H2,(H,13,16). The minimum Gasteiger partial charge on any atom is -0.359 e. The van der Waals surface area contributed by atoms with Gasteiger partial charge >= 0.3 is 0 Å². The Kier molecular flexibility index (Phi) is 7.31. The topological polar surface area (TPSA) is 96.7 Å². The summed E-state index contributed by atoms with van der Waals surface area (Å²) in [7, 11) is 0. The number of hydrogen-bond acceptors (Lipinski definition) is 5. The number of amides is 2. The molecule has 1 rings (SSSR count). The lowest BCUT2D eigenvalue weighted by molar-refractivity contribution is -0.131. The molecule has 4 N–H and O–H groups in total. The fraction of sp³-hybridized carbons (Fsp3) is 0.818. The summed E-state index contributed by atoms with van der Waals surface area (Å²) in [6, 6.07) is 0. The molecule has 7 heteroatoms. The van der Waals surface area contributed by atoms with Gasteiger partial charge in [-0.3, -0.25) is 14.4 Å². The average Bonchev–Trinajstić information content (AvgIpc) is 2.82. The molecule has 0 aromatic heterocycles. The zero-order valence-corrected chi connectivity index (χ0v) is 10.6. The van der Waals surface area contributed by atoms with Crippen LogP contribution in [0.3, 0.4) is 0 Å². The van der Waals surface area contributed by atoms with Gasteiger partial charge < -0.3 is 10.2 Å². The number of unbranched alkanes of at least 4 members (excludes halogenated alkanes) is 2. The first-order chi connectivity index (χ1) is 8.77. The Morgan fingerprint density at radius 1 is 1.44 bits per heavy atom. The first kappa shape index (κ1) is 14.9. The van der Waals surface area contributed by atoms with Crippen molar-refractivity contribution in [3.05, 3.63) is 0 Å². The zero-order valence-electron chi connectivity index (χ0n) is 10.6. The second-order valence-corrected chi connectivity index (χ2v) is 4.37. The first-order valence-electron chi connectivity index (χ1n) is 6.34. The summed E-state index contributed by atoms with van der Waals surface area (Å²) in [5, 5.41) is 2.60. The van der Waals surface area contributed by atoms with Crippen molar-refractivity contribution in [2.45, 2.75) is 38.2 Å². The molecule has 0 saturated carbocycles. The van der Waals surface area contributed by atoms with Crippen molar-refractivity contribution in [2.24, 2.45) is 5.84 Å². The molecule has 0 aromatic carbocycles. The summed E-state index contributed by atoms with van der Waals surface area (Å²) in [6.07, 6.45) is 4.79. The number of nitrogens with one attached hydrogen (secondary N) is 2. The molecule has 1 fully saturated rings. The molecule has 104 valence electrons. The molecule has 18 heavy (non-hydrogen) atoms.